The molecule has 0 aromatic carbocycles. The molecule has 0 bridgehead atoms. The van der Waals surface area contributed by atoms with Crippen molar-refractivity contribution in [3.8, 4) is 0 Å². The lowest BCUT2D eigenvalue weighted by Crippen LogP contribution is -2.64. The van der Waals surface area contributed by atoms with Gasteiger partial charge in [0.25, 0.3) is 0 Å². The molecule has 0 saturated carbocycles. The first-order chi connectivity index (χ1) is 8.40. The zero-order valence-electron chi connectivity index (χ0n) is 10.9. The molecule has 0 radical (unpaired) electrons. The van der Waals surface area contributed by atoms with Crippen LogP contribution in [0.3, 0.4) is 0 Å². The maximum absolute atomic E-state index is 12.1. The van der Waals surface area contributed by atoms with Crippen molar-refractivity contribution in [2.24, 2.45) is 7.05 Å². The van der Waals surface area contributed by atoms with Crippen molar-refractivity contribution in [3.05, 3.63) is 18.2 Å². The second kappa shape index (κ2) is 4.44. The van der Waals surface area contributed by atoms with Crippen LogP contribution in [0.1, 0.15) is 19.7 Å². The number of hydrogen-bond donors (Lipinski definition) is 1. The molecule has 0 atom stereocenters. The molecular weight excluding hydrogens is 232 g/mol. The fourth-order valence-corrected chi connectivity index (χ4v) is 2.13. The van der Waals surface area contributed by atoms with Crippen LogP contribution in [0.5, 0.6) is 0 Å². The molecule has 1 aliphatic heterocycles. The first-order valence-electron chi connectivity index (χ1n) is 5.97. The summed E-state index contributed by atoms with van der Waals surface area (Å²) in [5, 5.41) is 2.69. The highest BCUT2D eigenvalue weighted by Gasteiger charge is 2.38. The largest absolute Gasteiger partial charge is 0.341 e. The van der Waals surface area contributed by atoms with Crippen molar-refractivity contribution >= 4 is 11.8 Å². The molecule has 1 N–H and O–H groups in total. The second-order valence-corrected chi connectivity index (χ2v) is 5.10. The van der Waals surface area contributed by atoms with Gasteiger partial charge in [-0.2, -0.15) is 0 Å². The minimum atomic E-state index is -0.809. The summed E-state index contributed by atoms with van der Waals surface area (Å²) < 4.78 is 1.92. The standard InChI is InChI=1S/C12H18N4O2/c1-12(2)11(18)16(8-10(17)14-12)6-4-9-13-5-7-15(9)3/h5,7H,4,6,8H2,1-3H3,(H,14,17). The highest BCUT2D eigenvalue weighted by Crippen LogP contribution is 2.13. The van der Waals surface area contributed by atoms with Gasteiger partial charge in [-0.3, -0.25) is 9.59 Å². The average Bonchev–Trinajstić information content (AvgIpc) is 2.67. The van der Waals surface area contributed by atoms with E-state index >= 15 is 0 Å². The van der Waals surface area contributed by atoms with E-state index in [1.807, 2.05) is 17.8 Å². The lowest BCUT2D eigenvalue weighted by molar-refractivity contribution is -0.148. The normalized spacial score (nSPS) is 18.9. The summed E-state index contributed by atoms with van der Waals surface area (Å²) in [6.45, 7) is 4.09. The van der Waals surface area contributed by atoms with E-state index < -0.39 is 5.54 Å². The number of aromatic nitrogens is 2. The summed E-state index contributed by atoms with van der Waals surface area (Å²) in [4.78, 5) is 29.5. The molecule has 1 aromatic heterocycles. The van der Waals surface area contributed by atoms with Crippen LogP contribution < -0.4 is 5.32 Å². The molecule has 98 valence electrons. The van der Waals surface area contributed by atoms with Gasteiger partial charge in [0.2, 0.25) is 11.8 Å². The quantitative estimate of drug-likeness (QED) is 0.801. The molecule has 2 amide bonds. The number of amides is 2. The molecule has 0 spiro atoms. The molecular formula is C12H18N4O2. The van der Waals surface area contributed by atoms with Gasteiger partial charge in [0.05, 0.1) is 6.54 Å². The predicted octanol–water partition coefficient (Wildman–Crippen LogP) is -0.300. The maximum atomic E-state index is 12.1. The van der Waals surface area contributed by atoms with Gasteiger partial charge in [0.15, 0.2) is 0 Å². The number of carbonyl (C=O) groups is 2. The molecule has 1 saturated heterocycles. The first-order valence-corrected chi connectivity index (χ1v) is 5.97. The number of piperazine rings is 1. The Labute approximate surface area is 106 Å². The molecule has 1 fully saturated rings. The number of carbonyl (C=O) groups excluding carboxylic acids is 2. The summed E-state index contributed by atoms with van der Waals surface area (Å²) in [6, 6.07) is 0. The number of rotatable bonds is 3. The fraction of sp³-hybridized carbons (Fsp3) is 0.583. The summed E-state index contributed by atoms with van der Waals surface area (Å²) >= 11 is 0. The zero-order valence-corrected chi connectivity index (χ0v) is 10.9. The van der Waals surface area contributed by atoms with E-state index in [9.17, 15) is 9.59 Å². The Morgan fingerprint density at radius 2 is 2.17 bits per heavy atom. The minimum absolute atomic E-state index is 0.0451. The Hall–Kier alpha value is -1.85. The summed E-state index contributed by atoms with van der Waals surface area (Å²) in [7, 11) is 1.91. The number of aryl methyl sites for hydroxylation is 1. The molecule has 0 unspecified atom stereocenters. The fourth-order valence-electron chi connectivity index (χ4n) is 2.13. The van der Waals surface area contributed by atoms with E-state index in [1.165, 1.54) is 0 Å². The number of hydrogen-bond acceptors (Lipinski definition) is 3. The van der Waals surface area contributed by atoms with Crippen molar-refractivity contribution < 1.29 is 9.59 Å². The Morgan fingerprint density at radius 3 is 2.78 bits per heavy atom. The van der Waals surface area contributed by atoms with Crippen LogP contribution >= 0.6 is 0 Å². The van der Waals surface area contributed by atoms with Crippen molar-refractivity contribution in [1.29, 1.82) is 0 Å². The van der Waals surface area contributed by atoms with Gasteiger partial charge in [0.1, 0.15) is 11.4 Å². The molecule has 6 heteroatoms. The van der Waals surface area contributed by atoms with Crippen LogP contribution in [0.25, 0.3) is 0 Å². The number of imidazole rings is 1. The second-order valence-electron chi connectivity index (χ2n) is 5.10. The van der Waals surface area contributed by atoms with Crippen LogP contribution in [0, 0.1) is 0 Å². The molecule has 0 aliphatic carbocycles. The molecule has 18 heavy (non-hydrogen) atoms. The monoisotopic (exact) mass is 250 g/mol. The predicted molar refractivity (Wildman–Crippen MR) is 65.7 cm³/mol. The SMILES string of the molecule is Cn1ccnc1CCN1CC(=O)NC(C)(C)C1=O. The van der Waals surface area contributed by atoms with Crippen LogP contribution in [0.2, 0.25) is 0 Å². The van der Waals surface area contributed by atoms with Gasteiger partial charge in [0, 0.05) is 32.4 Å². The Morgan fingerprint density at radius 1 is 1.44 bits per heavy atom. The van der Waals surface area contributed by atoms with E-state index in [-0.39, 0.29) is 18.4 Å². The number of nitrogens with one attached hydrogen (secondary N) is 1. The molecule has 6 nitrogen and oxygen atoms in total. The minimum Gasteiger partial charge on any atom is -0.341 e. The van der Waals surface area contributed by atoms with E-state index in [2.05, 4.69) is 10.3 Å². The Bertz CT molecular complexity index is 478. The number of nitrogens with zero attached hydrogens (tertiary/aromatic N) is 3. The van der Waals surface area contributed by atoms with Crippen LogP contribution in [-0.2, 0) is 23.1 Å². The van der Waals surface area contributed by atoms with E-state index in [1.54, 1.807) is 24.9 Å². The summed E-state index contributed by atoms with van der Waals surface area (Å²) in [5.74, 6) is 0.752. The molecule has 1 aliphatic rings. The zero-order chi connectivity index (χ0) is 13.3. The van der Waals surface area contributed by atoms with Crippen molar-refractivity contribution in [2.45, 2.75) is 25.8 Å². The van der Waals surface area contributed by atoms with Crippen molar-refractivity contribution in [3.63, 3.8) is 0 Å². The van der Waals surface area contributed by atoms with Crippen molar-refractivity contribution in [1.82, 2.24) is 19.8 Å². The van der Waals surface area contributed by atoms with Gasteiger partial charge >= 0.3 is 0 Å². The van der Waals surface area contributed by atoms with E-state index in [4.69, 9.17) is 0 Å². The third-order valence-electron chi connectivity index (χ3n) is 3.13. The van der Waals surface area contributed by atoms with Gasteiger partial charge < -0.3 is 14.8 Å². The van der Waals surface area contributed by atoms with Crippen LogP contribution in [-0.4, -0.2) is 44.9 Å². The third kappa shape index (κ3) is 2.37. The molecule has 2 heterocycles. The van der Waals surface area contributed by atoms with Gasteiger partial charge in [-0.05, 0) is 13.8 Å². The van der Waals surface area contributed by atoms with Gasteiger partial charge in [-0.1, -0.05) is 0 Å². The lowest BCUT2D eigenvalue weighted by atomic mass is 10.0. The van der Waals surface area contributed by atoms with Crippen molar-refractivity contribution in [2.75, 3.05) is 13.1 Å². The highest BCUT2D eigenvalue weighted by atomic mass is 16.2. The van der Waals surface area contributed by atoms with Gasteiger partial charge in [-0.25, -0.2) is 4.98 Å². The molecule has 2 rings (SSSR count). The highest BCUT2D eigenvalue weighted by molar-refractivity contribution is 5.97. The average molecular weight is 250 g/mol. The molecule has 1 aromatic rings. The summed E-state index contributed by atoms with van der Waals surface area (Å²) in [6.07, 6.45) is 4.24. The van der Waals surface area contributed by atoms with E-state index in [0.717, 1.165) is 5.82 Å². The Balaban J connectivity index is 2.02. The van der Waals surface area contributed by atoms with E-state index in [0.29, 0.717) is 13.0 Å². The maximum Gasteiger partial charge on any atom is 0.248 e. The first kappa shape index (κ1) is 12.6. The van der Waals surface area contributed by atoms with Gasteiger partial charge in [-0.15, -0.1) is 0 Å². The topological polar surface area (TPSA) is 67.2 Å². The van der Waals surface area contributed by atoms with Crippen LogP contribution in [0.15, 0.2) is 12.4 Å². The smallest absolute Gasteiger partial charge is 0.248 e. The summed E-state index contributed by atoms with van der Waals surface area (Å²) in [5.41, 5.74) is -0.809. The lowest BCUT2D eigenvalue weighted by Gasteiger charge is -2.37. The Kier molecular flexibility index (Phi) is 3.11. The third-order valence-corrected chi connectivity index (χ3v) is 3.13. The van der Waals surface area contributed by atoms with Crippen LogP contribution in [0.4, 0.5) is 0 Å².